The first-order valence-electron chi connectivity index (χ1n) is 7.68. The lowest BCUT2D eigenvalue weighted by atomic mass is 9.93. The summed E-state index contributed by atoms with van der Waals surface area (Å²) in [4.78, 5) is 2.48. The third-order valence-electron chi connectivity index (χ3n) is 4.83. The summed E-state index contributed by atoms with van der Waals surface area (Å²) in [7, 11) is 0. The summed E-state index contributed by atoms with van der Waals surface area (Å²) in [6.45, 7) is 5.64. The van der Waals surface area contributed by atoms with Crippen molar-refractivity contribution < 1.29 is 5.11 Å². The van der Waals surface area contributed by atoms with Crippen LogP contribution < -0.4 is 0 Å². The van der Waals surface area contributed by atoms with E-state index in [1.807, 2.05) is 0 Å². The van der Waals surface area contributed by atoms with Crippen molar-refractivity contribution in [2.45, 2.75) is 64.4 Å². The molecule has 0 radical (unpaired) electrons. The molecule has 2 aliphatic rings. The van der Waals surface area contributed by atoms with Gasteiger partial charge in [-0.1, -0.05) is 39.0 Å². The number of rotatable bonds is 5. The Bertz CT molecular complexity index is 205. The lowest BCUT2D eigenvalue weighted by molar-refractivity contribution is 0.0727. The fourth-order valence-electron chi connectivity index (χ4n) is 3.58. The molecule has 1 heterocycles. The Morgan fingerprint density at radius 2 is 1.71 bits per heavy atom. The van der Waals surface area contributed by atoms with E-state index in [2.05, 4.69) is 11.8 Å². The van der Waals surface area contributed by atoms with E-state index in [-0.39, 0.29) is 6.10 Å². The van der Waals surface area contributed by atoms with E-state index >= 15 is 0 Å². The van der Waals surface area contributed by atoms with E-state index < -0.39 is 0 Å². The molecule has 17 heavy (non-hydrogen) atoms. The summed E-state index contributed by atoms with van der Waals surface area (Å²) >= 11 is 0. The first kappa shape index (κ1) is 13.4. The van der Waals surface area contributed by atoms with Gasteiger partial charge in [0.15, 0.2) is 0 Å². The summed E-state index contributed by atoms with van der Waals surface area (Å²) in [5.74, 6) is 1.76. The molecule has 0 aromatic carbocycles. The Balaban J connectivity index is 1.63. The van der Waals surface area contributed by atoms with Crippen LogP contribution in [0, 0.1) is 11.8 Å². The molecular weight excluding hydrogens is 210 g/mol. The van der Waals surface area contributed by atoms with E-state index in [0.717, 1.165) is 24.8 Å². The molecule has 0 aromatic heterocycles. The van der Waals surface area contributed by atoms with Crippen LogP contribution in [-0.2, 0) is 0 Å². The highest BCUT2D eigenvalue weighted by molar-refractivity contribution is 4.76. The predicted octanol–water partition coefficient (Wildman–Crippen LogP) is 3.05. The van der Waals surface area contributed by atoms with Crippen LogP contribution in [0.2, 0.25) is 0 Å². The number of hydrogen-bond donors (Lipinski definition) is 1. The zero-order valence-electron chi connectivity index (χ0n) is 11.4. The van der Waals surface area contributed by atoms with Gasteiger partial charge in [-0.15, -0.1) is 0 Å². The van der Waals surface area contributed by atoms with Crippen LogP contribution in [0.5, 0.6) is 0 Å². The molecule has 1 atom stereocenters. The van der Waals surface area contributed by atoms with E-state index in [1.54, 1.807) is 0 Å². The average molecular weight is 239 g/mol. The van der Waals surface area contributed by atoms with Crippen LogP contribution in [0.25, 0.3) is 0 Å². The molecule has 1 saturated carbocycles. The van der Waals surface area contributed by atoms with Gasteiger partial charge in [-0.3, -0.25) is 0 Å². The van der Waals surface area contributed by atoms with E-state index in [4.69, 9.17) is 0 Å². The number of likely N-dealkylation sites (tertiary alicyclic amines) is 1. The van der Waals surface area contributed by atoms with E-state index in [9.17, 15) is 5.11 Å². The molecule has 1 N–H and O–H groups in total. The lowest BCUT2D eigenvalue weighted by Gasteiger charge is -2.33. The van der Waals surface area contributed by atoms with Gasteiger partial charge < -0.3 is 10.0 Å². The highest BCUT2D eigenvalue weighted by Gasteiger charge is 2.23. The zero-order chi connectivity index (χ0) is 12.1. The Kier molecular flexibility index (Phi) is 5.30. The average Bonchev–Trinajstić information content (AvgIpc) is 2.82. The minimum atomic E-state index is -0.0729. The van der Waals surface area contributed by atoms with Gasteiger partial charge >= 0.3 is 0 Å². The molecule has 1 saturated heterocycles. The smallest absolute Gasteiger partial charge is 0.0669 e. The van der Waals surface area contributed by atoms with Crippen LogP contribution in [-0.4, -0.2) is 35.7 Å². The van der Waals surface area contributed by atoms with Gasteiger partial charge in [0.2, 0.25) is 0 Å². The molecular formula is C15H29NO. The molecule has 2 heteroatoms. The zero-order valence-corrected chi connectivity index (χ0v) is 11.4. The van der Waals surface area contributed by atoms with Gasteiger partial charge in [-0.25, -0.2) is 0 Å². The number of β-amino-alcohol motifs (C(OH)–C–C–N with tert-alkyl or cyclic N) is 1. The molecule has 100 valence electrons. The molecule has 1 aliphatic carbocycles. The van der Waals surface area contributed by atoms with Crippen molar-refractivity contribution in [3.63, 3.8) is 0 Å². The Labute approximate surface area is 106 Å². The van der Waals surface area contributed by atoms with Crippen molar-refractivity contribution in [3.05, 3.63) is 0 Å². The Morgan fingerprint density at radius 1 is 1.06 bits per heavy atom. The number of aliphatic hydroxyl groups excluding tert-OH is 1. The molecule has 0 aromatic rings. The molecule has 1 aliphatic heterocycles. The van der Waals surface area contributed by atoms with Gasteiger partial charge in [0.1, 0.15) is 0 Å². The van der Waals surface area contributed by atoms with Gasteiger partial charge in [0, 0.05) is 6.54 Å². The quantitative estimate of drug-likeness (QED) is 0.797. The van der Waals surface area contributed by atoms with Crippen LogP contribution in [0.4, 0.5) is 0 Å². The van der Waals surface area contributed by atoms with Crippen LogP contribution in [0.15, 0.2) is 0 Å². The Hall–Kier alpha value is -0.0800. The molecule has 1 unspecified atom stereocenters. The third kappa shape index (κ3) is 4.26. The maximum absolute atomic E-state index is 10.1. The van der Waals surface area contributed by atoms with Crippen molar-refractivity contribution in [3.8, 4) is 0 Å². The Morgan fingerprint density at radius 3 is 2.29 bits per heavy atom. The SMILES string of the molecule is CCC1CCN(CC(O)CC2CCCC2)CC1. The summed E-state index contributed by atoms with van der Waals surface area (Å²) in [5.41, 5.74) is 0. The maximum atomic E-state index is 10.1. The van der Waals surface area contributed by atoms with Gasteiger partial charge in [-0.05, 0) is 44.2 Å². The van der Waals surface area contributed by atoms with Gasteiger partial charge in [-0.2, -0.15) is 0 Å². The molecule has 2 fully saturated rings. The van der Waals surface area contributed by atoms with Crippen molar-refractivity contribution in [1.29, 1.82) is 0 Å². The molecule has 2 nitrogen and oxygen atoms in total. The molecule has 2 rings (SSSR count). The van der Waals surface area contributed by atoms with Gasteiger partial charge in [0.25, 0.3) is 0 Å². The molecule has 0 spiro atoms. The second-order valence-corrected chi connectivity index (χ2v) is 6.19. The number of nitrogens with zero attached hydrogens (tertiary/aromatic N) is 1. The standard InChI is InChI=1S/C15H29NO/c1-2-13-7-9-16(10-8-13)12-15(17)11-14-5-3-4-6-14/h13-15,17H,2-12H2,1H3. The van der Waals surface area contributed by atoms with E-state index in [0.29, 0.717) is 0 Å². The largest absolute Gasteiger partial charge is 0.392 e. The van der Waals surface area contributed by atoms with Crippen molar-refractivity contribution in [2.75, 3.05) is 19.6 Å². The number of hydrogen-bond acceptors (Lipinski definition) is 2. The topological polar surface area (TPSA) is 23.5 Å². The summed E-state index contributed by atoms with van der Waals surface area (Å²) in [5, 5.41) is 10.1. The molecule has 0 amide bonds. The number of piperidine rings is 1. The first-order valence-corrected chi connectivity index (χ1v) is 7.68. The first-order chi connectivity index (χ1) is 8.28. The van der Waals surface area contributed by atoms with Gasteiger partial charge in [0.05, 0.1) is 6.10 Å². The highest BCUT2D eigenvalue weighted by Crippen LogP contribution is 2.29. The maximum Gasteiger partial charge on any atom is 0.0669 e. The fourth-order valence-corrected chi connectivity index (χ4v) is 3.58. The number of aliphatic hydroxyl groups is 1. The van der Waals surface area contributed by atoms with Crippen LogP contribution >= 0.6 is 0 Å². The summed E-state index contributed by atoms with van der Waals surface area (Å²) in [6, 6.07) is 0. The van der Waals surface area contributed by atoms with Crippen molar-refractivity contribution in [2.24, 2.45) is 11.8 Å². The normalized spacial score (nSPS) is 26.5. The third-order valence-corrected chi connectivity index (χ3v) is 4.83. The van der Waals surface area contributed by atoms with Crippen molar-refractivity contribution >= 4 is 0 Å². The molecule has 0 bridgehead atoms. The van der Waals surface area contributed by atoms with Crippen LogP contribution in [0.3, 0.4) is 0 Å². The van der Waals surface area contributed by atoms with Crippen LogP contribution in [0.1, 0.15) is 58.3 Å². The predicted molar refractivity (Wildman–Crippen MR) is 72.0 cm³/mol. The minimum Gasteiger partial charge on any atom is -0.392 e. The highest BCUT2D eigenvalue weighted by atomic mass is 16.3. The monoisotopic (exact) mass is 239 g/mol. The summed E-state index contributed by atoms with van der Waals surface area (Å²) in [6.07, 6.45) is 10.5. The second kappa shape index (κ2) is 6.75. The lowest BCUT2D eigenvalue weighted by Crippen LogP contribution is -2.39. The minimum absolute atomic E-state index is 0.0729. The van der Waals surface area contributed by atoms with E-state index in [1.165, 1.54) is 58.0 Å². The summed E-state index contributed by atoms with van der Waals surface area (Å²) < 4.78 is 0. The van der Waals surface area contributed by atoms with Crippen molar-refractivity contribution in [1.82, 2.24) is 4.90 Å². The second-order valence-electron chi connectivity index (χ2n) is 6.19. The fraction of sp³-hybridized carbons (Fsp3) is 1.00.